The molecule has 0 atom stereocenters. The molecule has 0 spiro atoms. The van der Waals surface area contributed by atoms with Crippen LogP contribution in [0.25, 0.3) is 10.9 Å². The van der Waals surface area contributed by atoms with Gasteiger partial charge in [-0.3, -0.25) is 4.99 Å². The number of ether oxygens (including phenoxy) is 1. The predicted molar refractivity (Wildman–Crippen MR) is 104 cm³/mol. The first-order chi connectivity index (χ1) is 12.2. The summed E-state index contributed by atoms with van der Waals surface area (Å²) in [6, 6.07) is 10.5. The first-order valence-corrected chi connectivity index (χ1v) is 9.25. The van der Waals surface area contributed by atoms with E-state index in [9.17, 15) is 0 Å². The molecule has 1 aliphatic rings. The van der Waals surface area contributed by atoms with Crippen LogP contribution < -0.4 is 10.6 Å². The van der Waals surface area contributed by atoms with Crippen LogP contribution in [0.3, 0.4) is 0 Å². The molecule has 3 rings (SSSR count). The Kier molecular flexibility index (Phi) is 5.97. The predicted octanol–water partition coefficient (Wildman–Crippen LogP) is 3.43. The molecule has 0 amide bonds. The molecule has 1 aromatic carbocycles. The molecule has 0 bridgehead atoms. The lowest BCUT2D eigenvalue weighted by atomic mass is 9.83. The number of aromatic nitrogens is 1. The van der Waals surface area contributed by atoms with Gasteiger partial charge in [-0.1, -0.05) is 31.0 Å². The van der Waals surface area contributed by atoms with Crippen molar-refractivity contribution in [1.82, 2.24) is 15.6 Å². The zero-order chi connectivity index (χ0) is 17.5. The quantitative estimate of drug-likeness (QED) is 0.534. The number of rotatable bonds is 7. The molecule has 1 saturated carbocycles. The SMILES string of the molecule is CN=C(NCc1cc2ccccc2[nH]1)NCC1(CCOC)CCCC1. The summed E-state index contributed by atoms with van der Waals surface area (Å²) in [5, 5.41) is 8.20. The van der Waals surface area contributed by atoms with Gasteiger partial charge in [0, 0.05) is 38.5 Å². The molecule has 5 nitrogen and oxygen atoms in total. The van der Waals surface area contributed by atoms with E-state index in [1.165, 1.54) is 42.3 Å². The number of aliphatic imine (C=N–C) groups is 1. The molecule has 1 heterocycles. The summed E-state index contributed by atoms with van der Waals surface area (Å²) in [6.07, 6.45) is 6.33. The molecule has 1 fully saturated rings. The van der Waals surface area contributed by atoms with E-state index in [0.717, 1.165) is 32.1 Å². The Hall–Kier alpha value is -2.01. The van der Waals surface area contributed by atoms with Crippen LogP contribution in [0.15, 0.2) is 35.3 Å². The highest BCUT2D eigenvalue weighted by Crippen LogP contribution is 2.40. The third-order valence-corrected chi connectivity index (χ3v) is 5.39. The standard InChI is InChI=1S/C20H30N4O/c1-21-19(23-15-20(11-12-25-2)9-5-6-10-20)22-14-17-13-16-7-3-4-8-18(16)24-17/h3-4,7-8,13,24H,5-6,9-12,14-15H2,1-2H3,(H2,21,22,23). The summed E-state index contributed by atoms with van der Waals surface area (Å²) in [5.41, 5.74) is 2.69. The van der Waals surface area contributed by atoms with Gasteiger partial charge in [0.15, 0.2) is 5.96 Å². The van der Waals surface area contributed by atoms with E-state index >= 15 is 0 Å². The Morgan fingerprint density at radius 3 is 2.76 bits per heavy atom. The molecule has 0 saturated heterocycles. The van der Waals surface area contributed by atoms with Gasteiger partial charge in [-0.2, -0.15) is 0 Å². The Labute approximate surface area is 150 Å². The number of hydrogen-bond donors (Lipinski definition) is 3. The fraction of sp³-hybridized carbons (Fsp3) is 0.550. The topological polar surface area (TPSA) is 61.4 Å². The minimum absolute atomic E-state index is 0.356. The fourth-order valence-corrected chi connectivity index (χ4v) is 3.86. The van der Waals surface area contributed by atoms with Crippen molar-refractivity contribution in [2.75, 3.05) is 27.3 Å². The molecular weight excluding hydrogens is 312 g/mol. The van der Waals surface area contributed by atoms with Crippen molar-refractivity contribution in [1.29, 1.82) is 0 Å². The average Bonchev–Trinajstić information content (AvgIpc) is 3.27. The largest absolute Gasteiger partial charge is 0.385 e. The van der Waals surface area contributed by atoms with Crippen molar-refractivity contribution in [3.8, 4) is 0 Å². The van der Waals surface area contributed by atoms with Crippen LogP contribution in [0.4, 0.5) is 0 Å². The number of H-pyrrole nitrogens is 1. The summed E-state index contributed by atoms with van der Waals surface area (Å²) in [4.78, 5) is 7.82. The van der Waals surface area contributed by atoms with Gasteiger partial charge in [0.05, 0.1) is 6.54 Å². The van der Waals surface area contributed by atoms with Gasteiger partial charge in [-0.05, 0) is 42.2 Å². The van der Waals surface area contributed by atoms with Crippen LogP contribution in [0, 0.1) is 5.41 Å². The van der Waals surface area contributed by atoms with Crippen molar-refractivity contribution in [2.45, 2.75) is 38.6 Å². The molecule has 25 heavy (non-hydrogen) atoms. The van der Waals surface area contributed by atoms with Crippen molar-refractivity contribution in [3.05, 3.63) is 36.0 Å². The molecule has 2 aromatic rings. The number of nitrogens with zero attached hydrogens (tertiary/aromatic N) is 1. The Bertz CT molecular complexity index is 668. The molecule has 1 aromatic heterocycles. The van der Waals surface area contributed by atoms with E-state index in [1.807, 2.05) is 7.05 Å². The first kappa shape index (κ1) is 17.8. The molecule has 0 aliphatic heterocycles. The molecule has 3 N–H and O–H groups in total. The smallest absolute Gasteiger partial charge is 0.191 e. The Morgan fingerprint density at radius 1 is 1.24 bits per heavy atom. The zero-order valence-corrected chi connectivity index (χ0v) is 15.4. The van der Waals surface area contributed by atoms with Gasteiger partial charge < -0.3 is 20.4 Å². The molecular formula is C20H30N4O. The van der Waals surface area contributed by atoms with Gasteiger partial charge in [-0.25, -0.2) is 0 Å². The van der Waals surface area contributed by atoms with Crippen LogP contribution in [0.2, 0.25) is 0 Å². The van der Waals surface area contributed by atoms with E-state index in [1.54, 1.807) is 7.11 Å². The van der Waals surface area contributed by atoms with Crippen LogP contribution in [0.1, 0.15) is 37.8 Å². The highest BCUT2D eigenvalue weighted by molar-refractivity contribution is 5.81. The van der Waals surface area contributed by atoms with Gasteiger partial charge in [-0.15, -0.1) is 0 Å². The molecule has 0 unspecified atom stereocenters. The second-order valence-electron chi connectivity index (χ2n) is 7.11. The first-order valence-electron chi connectivity index (χ1n) is 9.25. The summed E-state index contributed by atoms with van der Waals surface area (Å²) < 4.78 is 5.32. The Morgan fingerprint density at radius 2 is 2.04 bits per heavy atom. The van der Waals surface area contributed by atoms with Gasteiger partial charge in [0.2, 0.25) is 0 Å². The van der Waals surface area contributed by atoms with E-state index < -0.39 is 0 Å². The van der Waals surface area contributed by atoms with E-state index in [0.29, 0.717) is 5.41 Å². The second-order valence-corrected chi connectivity index (χ2v) is 7.11. The number of hydrogen-bond acceptors (Lipinski definition) is 2. The summed E-state index contributed by atoms with van der Waals surface area (Å²) in [7, 11) is 3.62. The van der Waals surface area contributed by atoms with Crippen molar-refractivity contribution in [2.24, 2.45) is 10.4 Å². The molecule has 0 radical (unpaired) electrons. The molecule has 1 aliphatic carbocycles. The number of nitrogens with one attached hydrogen (secondary N) is 3. The van der Waals surface area contributed by atoms with Crippen molar-refractivity contribution < 1.29 is 4.74 Å². The lowest BCUT2D eigenvalue weighted by molar-refractivity contribution is 0.138. The Balaban J connectivity index is 1.53. The van der Waals surface area contributed by atoms with Crippen molar-refractivity contribution >= 4 is 16.9 Å². The van der Waals surface area contributed by atoms with E-state index in [2.05, 4.69) is 50.9 Å². The van der Waals surface area contributed by atoms with E-state index in [4.69, 9.17) is 4.74 Å². The number of methoxy groups -OCH3 is 1. The summed E-state index contributed by atoms with van der Waals surface area (Å²) >= 11 is 0. The van der Waals surface area contributed by atoms with E-state index in [-0.39, 0.29) is 0 Å². The number of guanidine groups is 1. The highest BCUT2D eigenvalue weighted by Gasteiger charge is 2.33. The van der Waals surface area contributed by atoms with Crippen LogP contribution in [0.5, 0.6) is 0 Å². The van der Waals surface area contributed by atoms with Gasteiger partial charge in [0.25, 0.3) is 0 Å². The van der Waals surface area contributed by atoms with Gasteiger partial charge in [0.1, 0.15) is 0 Å². The average molecular weight is 342 g/mol. The van der Waals surface area contributed by atoms with Crippen molar-refractivity contribution in [3.63, 3.8) is 0 Å². The fourth-order valence-electron chi connectivity index (χ4n) is 3.86. The summed E-state index contributed by atoms with van der Waals surface area (Å²) in [5.74, 6) is 0.863. The maximum absolute atomic E-state index is 5.32. The minimum atomic E-state index is 0.356. The number of benzene rings is 1. The van der Waals surface area contributed by atoms with Crippen LogP contribution in [-0.4, -0.2) is 38.3 Å². The third kappa shape index (κ3) is 4.54. The van der Waals surface area contributed by atoms with Crippen LogP contribution in [-0.2, 0) is 11.3 Å². The van der Waals surface area contributed by atoms with Crippen LogP contribution >= 0.6 is 0 Å². The van der Waals surface area contributed by atoms with Gasteiger partial charge >= 0.3 is 0 Å². The minimum Gasteiger partial charge on any atom is -0.385 e. The highest BCUT2D eigenvalue weighted by atomic mass is 16.5. The number of fused-ring (bicyclic) bond motifs is 1. The monoisotopic (exact) mass is 342 g/mol. The maximum atomic E-state index is 5.32. The third-order valence-electron chi connectivity index (χ3n) is 5.39. The number of para-hydroxylation sites is 1. The number of aromatic amines is 1. The maximum Gasteiger partial charge on any atom is 0.191 e. The lowest BCUT2D eigenvalue weighted by Gasteiger charge is -2.29. The zero-order valence-electron chi connectivity index (χ0n) is 15.4. The summed E-state index contributed by atoms with van der Waals surface area (Å²) in [6.45, 7) is 2.53. The normalized spacial score (nSPS) is 17.1. The lowest BCUT2D eigenvalue weighted by Crippen LogP contribution is -2.43. The second kappa shape index (κ2) is 8.39. The molecule has 136 valence electrons. The molecule has 5 heteroatoms.